The highest BCUT2D eigenvalue weighted by molar-refractivity contribution is 5.78. The van der Waals surface area contributed by atoms with E-state index in [9.17, 15) is 10.1 Å². The number of nitro groups is 1. The van der Waals surface area contributed by atoms with Crippen LogP contribution < -0.4 is 0 Å². The van der Waals surface area contributed by atoms with Gasteiger partial charge in [0.15, 0.2) is 0 Å². The van der Waals surface area contributed by atoms with Crippen LogP contribution in [0.15, 0.2) is 18.2 Å². The maximum Gasteiger partial charge on any atom is 0.271 e. The molecule has 0 aliphatic heterocycles. The lowest BCUT2D eigenvalue weighted by atomic mass is 10.3. The molecule has 0 bridgehead atoms. The number of imidazole rings is 1. The number of aromatic amines is 1. The van der Waals surface area contributed by atoms with E-state index < -0.39 is 4.92 Å². The molecule has 68 valence electrons. The third kappa shape index (κ3) is 1.17. The molecule has 1 aromatic heterocycles. The van der Waals surface area contributed by atoms with Crippen LogP contribution in [0.1, 0.15) is 5.82 Å². The highest BCUT2D eigenvalue weighted by atomic mass is 16.6. The van der Waals surface area contributed by atoms with Crippen molar-refractivity contribution in [2.24, 2.45) is 0 Å². The molecule has 6 heteroatoms. The monoisotopic (exact) mass is 188 g/mol. The molecule has 2 rings (SSSR count). The summed E-state index contributed by atoms with van der Waals surface area (Å²) < 4.78 is 0. The topological polar surface area (TPSA) is 95.6 Å². The zero-order valence-corrected chi connectivity index (χ0v) is 6.89. The second kappa shape index (κ2) is 2.81. The molecule has 1 heterocycles. The minimum atomic E-state index is -0.500. The molecule has 0 spiro atoms. The van der Waals surface area contributed by atoms with Gasteiger partial charge < -0.3 is 4.98 Å². The number of hydrogen-bond acceptors (Lipinski definition) is 4. The number of aromatic nitrogens is 2. The van der Waals surface area contributed by atoms with Gasteiger partial charge in [-0.2, -0.15) is 5.26 Å². The number of nitriles is 1. The van der Waals surface area contributed by atoms with Crippen LogP contribution in [-0.2, 0) is 0 Å². The Morgan fingerprint density at radius 1 is 1.57 bits per heavy atom. The van der Waals surface area contributed by atoms with E-state index in [1.165, 1.54) is 18.2 Å². The van der Waals surface area contributed by atoms with Gasteiger partial charge in [-0.25, -0.2) is 4.98 Å². The smallest absolute Gasteiger partial charge is 0.271 e. The Kier molecular flexibility index (Phi) is 1.65. The molecule has 0 saturated carbocycles. The summed E-state index contributed by atoms with van der Waals surface area (Å²) in [7, 11) is 0. The predicted molar refractivity (Wildman–Crippen MR) is 47.5 cm³/mol. The lowest BCUT2D eigenvalue weighted by Crippen LogP contribution is -1.86. The van der Waals surface area contributed by atoms with Gasteiger partial charge in [0.2, 0.25) is 5.82 Å². The lowest BCUT2D eigenvalue weighted by Gasteiger charge is -1.89. The van der Waals surface area contributed by atoms with Gasteiger partial charge in [0, 0.05) is 12.1 Å². The number of hydrogen-bond donors (Lipinski definition) is 1. The van der Waals surface area contributed by atoms with E-state index in [0.717, 1.165) is 0 Å². The van der Waals surface area contributed by atoms with Gasteiger partial charge in [-0.3, -0.25) is 10.1 Å². The van der Waals surface area contributed by atoms with Crippen molar-refractivity contribution in [2.75, 3.05) is 0 Å². The quantitative estimate of drug-likeness (QED) is 0.539. The van der Waals surface area contributed by atoms with Gasteiger partial charge in [-0.1, -0.05) is 0 Å². The van der Waals surface area contributed by atoms with Crippen molar-refractivity contribution in [3.05, 3.63) is 34.1 Å². The van der Waals surface area contributed by atoms with E-state index >= 15 is 0 Å². The molecule has 0 atom stereocenters. The van der Waals surface area contributed by atoms with E-state index in [1.54, 1.807) is 0 Å². The van der Waals surface area contributed by atoms with E-state index in [1.807, 2.05) is 6.07 Å². The summed E-state index contributed by atoms with van der Waals surface area (Å²) >= 11 is 0. The van der Waals surface area contributed by atoms with Crippen LogP contribution in [0.5, 0.6) is 0 Å². The molecular weight excluding hydrogens is 184 g/mol. The van der Waals surface area contributed by atoms with Crippen LogP contribution in [0, 0.1) is 21.4 Å². The highest BCUT2D eigenvalue weighted by Gasteiger charge is 2.08. The SMILES string of the molecule is N#Cc1nc2cc([N+](=O)[O-])ccc2[nH]1. The highest BCUT2D eigenvalue weighted by Crippen LogP contribution is 2.18. The van der Waals surface area contributed by atoms with Gasteiger partial charge >= 0.3 is 0 Å². The molecule has 1 aromatic carbocycles. The summed E-state index contributed by atoms with van der Waals surface area (Å²) in [6.07, 6.45) is 0. The maximum absolute atomic E-state index is 10.4. The number of nitrogens with one attached hydrogen (secondary N) is 1. The molecule has 0 aliphatic rings. The van der Waals surface area contributed by atoms with Gasteiger partial charge in [-0.15, -0.1) is 0 Å². The van der Waals surface area contributed by atoms with E-state index in [2.05, 4.69) is 9.97 Å². The Balaban J connectivity index is 2.66. The Morgan fingerprint density at radius 2 is 2.36 bits per heavy atom. The van der Waals surface area contributed by atoms with Crippen molar-refractivity contribution < 1.29 is 4.92 Å². The average Bonchev–Trinajstić information content (AvgIpc) is 2.58. The van der Waals surface area contributed by atoms with Gasteiger partial charge in [0.05, 0.1) is 16.0 Å². The molecule has 2 aromatic rings. The summed E-state index contributed by atoms with van der Waals surface area (Å²) in [5, 5.41) is 19.0. The van der Waals surface area contributed by atoms with Crippen LogP contribution >= 0.6 is 0 Å². The Labute approximate surface area is 78.0 Å². The van der Waals surface area contributed by atoms with Crippen molar-refractivity contribution in [2.45, 2.75) is 0 Å². The summed E-state index contributed by atoms with van der Waals surface area (Å²) in [6, 6.07) is 6.05. The molecule has 14 heavy (non-hydrogen) atoms. The standard InChI is InChI=1S/C8H4N4O2/c9-4-8-10-6-2-1-5(12(13)14)3-7(6)11-8/h1-3H,(H,10,11). The molecule has 1 N–H and O–H groups in total. The lowest BCUT2D eigenvalue weighted by molar-refractivity contribution is -0.384. The Hall–Kier alpha value is -2.42. The van der Waals surface area contributed by atoms with Crippen LogP contribution in [-0.4, -0.2) is 14.9 Å². The van der Waals surface area contributed by atoms with Gasteiger partial charge in [-0.05, 0) is 6.07 Å². The Morgan fingerprint density at radius 3 is 3.00 bits per heavy atom. The predicted octanol–water partition coefficient (Wildman–Crippen LogP) is 1.34. The maximum atomic E-state index is 10.4. The molecule has 0 aliphatic carbocycles. The summed E-state index contributed by atoms with van der Waals surface area (Å²) in [5.74, 6) is 0.153. The average molecular weight is 188 g/mol. The minimum Gasteiger partial charge on any atom is -0.329 e. The second-order valence-electron chi connectivity index (χ2n) is 2.66. The molecular formula is C8H4N4O2. The zero-order chi connectivity index (χ0) is 10.1. The van der Waals surface area contributed by atoms with Crippen LogP contribution in [0.25, 0.3) is 11.0 Å². The van der Waals surface area contributed by atoms with Crippen molar-refractivity contribution in [3.63, 3.8) is 0 Å². The number of non-ortho nitro benzene ring substituents is 1. The first-order valence-electron chi connectivity index (χ1n) is 3.75. The Bertz CT molecular complexity index is 552. The number of nitro benzene ring substituents is 1. The number of fused-ring (bicyclic) bond motifs is 1. The fraction of sp³-hybridized carbons (Fsp3) is 0. The van der Waals surface area contributed by atoms with E-state index in [4.69, 9.17) is 5.26 Å². The zero-order valence-electron chi connectivity index (χ0n) is 6.89. The fourth-order valence-corrected chi connectivity index (χ4v) is 1.16. The number of H-pyrrole nitrogens is 1. The van der Waals surface area contributed by atoms with E-state index in [0.29, 0.717) is 11.0 Å². The molecule has 0 unspecified atom stereocenters. The van der Waals surface area contributed by atoms with Crippen molar-refractivity contribution in [1.82, 2.24) is 9.97 Å². The fourth-order valence-electron chi connectivity index (χ4n) is 1.16. The van der Waals surface area contributed by atoms with Crippen molar-refractivity contribution in [1.29, 1.82) is 5.26 Å². The van der Waals surface area contributed by atoms with Crippen LogP contribution in [0.4, 0.5) is 5.69 Å². The molecule has 0 amide bonds. The van der Waals surface area contributed by atoms with Crippen molar-refractivity contribution >= 4 is 16.7 Å². The number of rotatable bonds is 1. The first-order valence-corrected chi connectivity index (χ1v) is 3.75. The third-order valence-corrected chi connectivity index (χ3v) is 1.78. The molecule has 0 radical (unpaired) electrons. The van der Waals surface area contributed by atoms with Crippen LogP contribution in [0.3, 0.4) is 0 Å². The summed E-state index contributed by atoms with van der Waals surface area (Å²) in [4.78, 5) is 16.5. The van der Waals surface area contributed by atoms with E-state index in [-0.39, 0.29) is 11.5 Å². The first kappa shape index (κ1) is 8.19. The number of nitrogens with zero attached hydrogens (tertiary/aromatic N) is 3. The largest absolute Gasteiger partial charge is 0.329 e. The minimum absolute atomic E-state index is 0.0338. The van der Waals surface area contributed by atoms with Gasteiger partial charge in [0.25, 0.3) is 5.69 Å². The summed E-state index contributed by atoms with van der Waals surface area (Å²) in [6.45, 7) is 0. The van der Waals surface area contributed by atoms with Gasteiger partial charge in [0.1, 0.15) is 6.07 Å². The first-order chi connectivity index (χ1) is 6.70. The molecule has 0 fully saturated rings. The second-order valence-corrected chi connectivity index (χ2v) is 2.66. The molecule has 0 saturated heterocycles. The third-order valence-electron chi connectivity index (χ3n) is 1.78. The van der Waals surface area contributed by atoms with Crippen LogP contribution in [0.2, 0.25) is 0 Å². The summed E-state index contributed by atoms with van der Waals surface area (Å²) in [5.41, 5.74) is 1.01. The van der Waals surface area contributed by atoms with Crippen molar-refractivity contribution in [3.8, 4) is 6.07 Å². The number of benzene rings is 1. The normalized spacial score (nSPS) is 9.93. The molecule has 6 nitrogen and oxygen atoms in total.